The number of carbonyl (C=O) groups excluding carboxylic acids is 2. The van der Waals surface area contributed by atoms with E-state index < -0.39 is 6.04 Å². The average Bonchev–Trinajstić information content (AvgIpc) is 2.44. The summed E-state index contributed by atoms with van der Waals surface area (Å²) in [5.41, 5.74) is 6.93. The first-order valence-corrected chi connectivity index (χ1v) is 6.29. The van der Waals surface area contributed by atoms with Crippen LogP contribution in [0.5, 0.6) is 0 Å². The summed E-state index contributed by atoms with van der Waals surface area (Å²) in [4.78, 5) is 24.6. The molecule has 0 fully saturated rings. The van der Waals surface area contributed by atoms with Gasteiger partial charge in [0.05, 0.1) is 6.04 Å². The Labute approximate surface area is 125 Å². The number of hydrogen-bond donors (Lipinski definition) is 2. The maximum absolute atomic E-state index is 12.0. The van der Waals surface area contributed by atoms with E-state index in [2.05, 4.69) is 5.32 Å². The zero-order chi connectivity index (χ0) is 14.3. The number of nitrogens with zero attached hydrogens (tertiary/aromatic N) is 1. The van der Waals surface area contributed by atoms with E-state index in [0.717, 1.165) is 5.56 Å². The van der Waals surface area contributed by atoms with Gasteiger partial charge in [-0.05, 0) is 12.0 Å². The molecule has 1 atom stereocenters. The number of halogens is 1. The lowest BCUT2D eigenvalue weighted by Gasteiger charge is -2.21. The number of hydrogen-bond acceptors (Lipinski definition) is 3. The molecule has 0 aliphatic carbocycles. The molecule has 6 heteroatoms. The van der Waals surface area contributed by atoms with Crippen LogP contribution < -0.4 is 11.1 Å². The summed E-state index contributed by atoms with van der Waals surface area (Å²) >= 11 is 0. The van der Waals surface area contributed by atoms with Crippen molar-refractivity contribution in [3.63, 3.8) is 0 Å². The van der Waals surface area contributed by atoms with Gasteiger partial charge in [0.25, 0.3) is 0 Å². The number of amides is 2. The second-order valence-electron chi connectivity index (χ2n) is 4.48. The van der Waals surface area contributed by atoms with Gasteiger partial charge in [-0.25, -0.2) is 0 Å². The van der Waals surface area contributed by atoms with Gasteiger partial charge in [0.1, 0.15) is 0 Å². The van der Waals surface area contributed by atoms with Crippen molar-refractivity contribution < 1.29 is 9.59 Å². The highest BCUT2D eigenvalue weighted by Crippen LogP contribution is 2.04. The Morgan fingerprint density at radius 1 is 1.30 bits per heavy atom. The Kier molecular flexibility index (Phi) is 8.59. The summed E-state index contributed by atoms with van der Waals surface area (Å²) in [7, 11) is 3.24. The second-order valence-corrected chi connectivity index (χ2v) is 4.48. The molecule has 3 N–H and O–H groups in total. The van der Waals surface area contributed by atoms with Crippen molar-refractivity contribution >= 4 is 24.2 Å². The Balaban J connectivity index is 0.00000361. The molecule has 1 aromatic rings. The van der Waals surface area contributed by atoms with Crippen LogP contribution in [-0.2, 0) is 16.0 Å². The molecular weight excluding hydrogens is 278 g/mol. The van der Waals surface area contributed by atoms with E-state index in [-0.39, 0.29) is 30.6 Å². The highest BCUT2D eigenvalue weighted by atomic mass is 35.5. The molecule has 0 heterocycles. The molecular formula is C14H22ClN3O2. The number of carbonyl (C=O) groups is 2. The fourth-order valence-corrected chi connectivity index (χ4v) is 1.74. The van der Waals surface area contributed by atoms with Gasteiger partial charge >= 0.3 is 0 Å². The third-order valence-electron chi connectivity index (χ3n) is 2.94. The van der Waals surface area contributed by atoms with E-state index in [4.69, 9.17) is 5.73 Å². The van der Waals surface area contributed by atoms with Crippen molar-refractivity contribution in [2.45, 2.75) is 18.9 Å². The fraction of sp³-hybridized carbons (Fsp3) is 0.429. The first-order chi connectivity index (χ1) is 9.04. The minimum Gasteiger partial charge on any atom is -0.359 e. The van der Waals surface area contributed by atoms with Crippen LogP contribution in [0.25, 0.3) is 0 Å². The zero-order valence-electron chi connectivity index (χ0n) is 11.8. The van der Waals surface area contributed by atoms with E-state index in [0.29, 0.717) is 13.0 Å². The van der Waals surface area contributed by atoms with Gasteiger partial charge in [-0.15, -0.1) is 12.4 Å². The van der Waals surface area contributed by atoms with Crippen LogP contribution >= 0.6 is 12.4 Å². The monoisotopic (exact) mass is 299 g/mol. The van der Waals surface area contributed by atoms with Gasteiger partial charge in [0.15, 0.2) is 0 Å². The Morgan fingerprint density at radius 2 is 1.90 bits per heavy atom. The van der Waals surface area contributed by atoms with Crippen LogP contribution in [-0.4, -0.2) is 43.4 Å². The normalized spacial score (nSPS) is 11.2. The lowest BCUT2D eigenvalue weighted by Crippen LogP contribution is -2.44. The summed E-state index contributed by atoms with van der Waals surface area (Å²) in [5, 5.41) is 2.52. The summed E-state index contributed by atoms with van der Waals surface area (Å²) in [6.45, 7) is 0.376. The molecule has 0 saturated carbocycles. The summed E-state index contributed by atoms with van der Waals surface area (Å²) in [6.07, 6.45) is 0.792. The fourth-order valence-electron chi connectivity index (χ4n) is 1.74. The Bertz CT molecular complexity index is 426. The molecule has 0 radical (unpaired) electrons. The Hall–Kier alpha value is -1.59. The molecule has 20 heavy (non-hydrogen) atoms. The van der Waals surface area contributed by atoms with Crippen LogP contribution in [0, 0.1) is 0 Å². The molecule has 0 saturated heterocycles. The molecule has 0 bridgehead atoms. The molecule has 0 spiro atoms. The number of likely N-dealkylation sites (N-methyl/N-ethyl adjacent to an activating group) is 1. The van der Waals surface area contributed by atoms with Crippen LogP contribution in [0.4, 0.5) is 0 Å². The van der Waals surface area contributed by atoms with E-state index in [1.165, 1.54) is 4.90 Å². The molecule has 0 aliphatic heterocycles. The van der Waals surface area contributed by atoms with Gasteiger partial charge in [-0.3, -0.25) is 9.59 Å². The van der Waals surface area contributed by atoms with Crippen molar-refractivity contribution in [2.75, 3.05) is 20.6 Å². The molecule has 2 amide bonds. The number of benzene rings is 1. The lowest BCUT2D eigenvalue weighted by atomic mass is 10.1. The van der Waals surface area contributed by atoms with E-state index in [1.54, 1.807) is 14.1 Å². The third kappa shape index (κ3) is 6.04. The zero-order valence-corrected chi connectivity index (χ0v) is 12.7. The average molecular weight is 300 g/mol. The van der Waals surface area contributed by atoms with Gasteiger partial charge in [0.2, 0.25) is 11.8 Å². The molecule has 1 unspecified atom stereocenters. The van der Waals surface area contributed by atoms with E-state index in [9.17, 15) is 9.59 Å². The van der Waals surface area contributed by atoms with E-state index in [1.807, 2.05) is 30.3 Å². The lowest BCUT2D eigenvalue weighted by molar-refractivity contribution is -0.131. The summed E-state index contributed by atoms with van der Waals surface area (Å²) in [6, 6.07) is 9.07. The van der Waals surface area contributed by atoms with Crippen molar-refractivity contribution in [1.82, 2.24) is 10.2 Å². The number of nitrogens with one attached hydrogen (secondary N) is 1. The molecule has 0 aromatic heterocycles. The van der Waals surface area contributed by atoms with E-state index >= 15 is 0 Å². The molecule has 0 aliphatic rings. The first kappa shape index (κ1) is 18.4. The first-order valence-electron chi connectivity index (χ1n) is 6.29. The van der Waals surface area contributed by atoms with Gasteiger partial charge < -0.3 is 16.0 Å². The van der Waals surface area contributed by atoms with Crippen LogP contribution in [0.15, 0.2) is 30.3 Å². The highest BCUT2D eigenvalue weighted by Gasteiger charge is 2.18. The molecule has 5 nitrogen and oxygen atoms in total. The standard InChI is InChI=1S/C14H21N3O2.ClH/c1-16-13(18)8-9-17(2)14(19)12(15)10-11-6-4-3-5-7-11;/h3-7,12H,8-10,15H2,1-2H3,(H,16,18);1H. The predicted molar refractivity (Wildman–Crippen MR) is 81.7 cm³/mol. The smallest absolute Gasteiger partial charge is 0.239 e. The number of nitrogens with two attached hydrogens (primary N) is 1. The largest absolute Gasteiger partial charge is 0.359 e. The van der Waals surface area contributed by atoms with Crippen molar-refractivity contribution in [2.24, 2.45) is 5.73 Å². The topological polar surface area (TPSA) is 75.4 Å². The van der Waals surface area contributed by atoms with Gasteiger partial charge in [-0.1, -0.05) is 30.3 Å². The van der Waals surface area contributed by atoms with Crippen LogP contribution in [0.3, 0.4) is 0 Å². The van der Waals surface area contributed by atoms with Crippen LogP contribution in [0.1, 0.15) is 12.0 Å². The molecule has 1 rings (SSSR count). The van der Waals surface area contributed by atoms with Crippen molar-refractivity contribution in [3.8, 4) is 0 Å². The Morgan fingerprint density at radius 3 is 2.45 bits per heavy atom. The van der Waals surface area contributed by atoms with Crippen molar-refractivity contribution in [1.29, 1.82) is 0 Å². The molecule has 112 valence electrons. The highest BCUT2D eigenvalue weighted by molar-refractivity contribution is 5.85. The minimum absolute atomic E-state index is 0. The van der Waals surface area contributed by atoms with Gasteiger partial charge in [-0.2, -0.15) is 0 Å². The molecule has 1 aromatic carbocycles. The van der Waals surface area contributed by atoms with Crippen LogP contribution in [0.2, 0.25) is 0 Å². The SMILES string of the molecule is CNC(=O)CCN(C)C(=O)C(N)Cc1ccccc1.Cl. The third-order valence-corrected chi connectivity index (χ3v) is 2.94. The predicted octanol–water partition coefficient (Wildman–Crippen LogP) is 0.573. The summed E-state index contributed by atoms with van der Waals surface area (Å²) < 4.78 is 0. The second kappa shape index (κ2) is 9.34. The maximum atomic E-state index is 12.0. The maximum Gasteiger partial charge on any atom is 0.239 e. The minimum atomic E-state index is -0.572. The summed E-state index contributed by atoms with van der Waals surface area (Å²) in [5.74, 6) is -0.232. The van der Waals surface area contributed by atoms with Gasteiger partial charge in [0, 0.05) is 27.1 Å². The quantitative estimate of drug-likeness (QED) is 0.806. The number of rotatable bonds is 6. The van der Waals surface area contributed by atoms with Crippen molar-refractivity contribution in [3.05, 3.63) is 35.9 Å².